The normalized spacial score (nSPS) is 14.7. The molecule has 0 N–H and O–H groups in total. The second-order valence-corrected chi connectivity index (χ2v) is 8.01. The van der Waals surface area contributed by atoms with Gasteiger partial charge in [-0.2, -0.15) is 0 Å². The van der Waals surface area contributed by atoms with Crippen LogP contribution in [0, 0.1) is 0 Å². The van der Waals surface area contributed by atoms with Crippen LogP contribution in [-0.2, 0) is 26.4 Å². The maximum atomic E-state index is 12.4. The molecule has 1 aliphatic heterocycles. The van der Waals surface area contributed by atoms with E-state index in [4.69, 9.17) is 9.47 Å². The molecule has 0 bridgehead atoms. The average Bonchev–Trinajstić information content (AvgIpc) is 3.17. The van der Waals surface area contributed by atoms with E-state index >= 15 is 0 Å². The van der Waals surface area contributed by atoms with Crippen LogP contribution < -0.4 is 0 Å². The van der Waals surface area contributed by atoms with Crippen LogP contribution in [0.2, 0.25) is 0 Å². The SMILES string of the molecule is CCS(=O)(=O)c1cc(Br)cnc1-c1ncc(C2OC=CO2)n1C. The standard InChI is InChI=1S/C14H14BrN3O4S/c1-3-23(19,20)11-6-9(15)7-16-12(11)13-17-8-10(18(13)2)14-21-4-5-22-14/h4-8,14H,3H2,1-2H3. The number of ether oxygens (including phenoxy) is 2. The molecular weight excluding hydrogens is 386 g/mol. The molecule has 0 fully saturated rings. The molecule has 0 spiro atoms. The zero-order chi connectivity index (χ0) is 16.6. The first-order chi connectivity index (χ1) is 10.9. The van der Waals surface area contributed by atoms with Gasteiger partial charge in [-0.05, 0) is 22.0 Å². The molecule has 23 heavy (non-hydrogen) atoms. The largest absolute Gasteiger partial charge is 0.454 e. The molecule has 0 atom stereocenters. The Kier molecular flexibility index (Phi) is 4.15. The van der Waals surface area contributed by atoms with E-state index in [1.54, 1.807) is 37.0 Å². The summed E-state index contributed by atoms with van der Waals surface area (Å²) in [5.74, 6) is 0.410. The molecule has 2 aromatic heterocycles. The molecule has 2 aromatic rings. The van der Waals surface area contributed by atoms with Gasteiger partial charge in [-0.15, -0.1) is 0 Å². The number of halogens is 1. The number of rotatable bonds is 4. The van der Waals surface area contributed by atoms with Crippen LogP contribution in [-0.4, -0.2) is 28.7 Å². The van der Waals surface area contributed by atoms with Crippen LogP contribution in [0.4, 0.5) is 0 Å². The summed E-state index contributed by atoms with van der Waals surface area (Å²) >= 11 is 3.27. The number of pyridine rings is 1. The van der Waals surface area contributed by atoms with Gasteiger partial charge in [0, 0.05) is 17.7 Å². The first-order valence-electron chi connectivity index (χ1n) is 6.80. The fraction of sp³-hybridized carbons (Fsp3) is 0.286. The maximum absolute atomic E-state index is 12.4. The van der Waals surface area contributed by atoms with Gasteiger partial charge in [-0.1, -0.05) is 6.92 Å². The van der Waals surface area contributed by atoms with Gasteiger partial charge in [-0.25, -0.2) is 13.4 Å². The number of hydrogen-bond acceptors (Lipinski definition) is 6. The first-order valence-corrected chi connectivity index (χ1v) is 9.25. The minimum Gasteiger partial charge on any atom is -0.454 e. The van der Waals surface area contributed by atoms with Crippen molar-refractivity contribution >= 4 is 25.8 Å². The van der Waals surface area contributed by atoms with Gasteiger partial charge < -0.3 is 14.0 Å². The second kappa shape index (κ2) is 5.97. The summed E-state index contributed by atoms with van der Waals surface area (Å²) < 4.78 is 37.6. The van der Waals surface area contributed by atoms with Gasteiger partial charge in [0.05, 0.1) is 16.8 Å². The molecule has 0 aromatic carbocycles. The van der Waals surface area contributed by atoms with E-state index in [2.05, 4.69) is 25.9 Å². The number of nitrogens with zero attached hydrogens (tertiary/aromatic N) is 3. The smallest absolute Gasteiger partial charge is 0.282 e. The van der Waals surface area contributed by atoms with Gasteiger partial charge in [0.15, 0.2) is 15.7 Å². The Morgan fingerprint density at radius 1 is 1.26 bits per heavy atom. The van der Waals surface area contributed by atoms with Crippen molar-refractivity contribution in [3.05, 3.63) is 41.2 Å². The molecule has 9 heteroatoms. The summed E-state index contributed by atoms with van der Waals surface area (Å²) in [4.78, 5) is 8.70. The van der Waals surface area contributed by atoms with E-state index in [-0.39, 0.29) is 10.6 Å². The third kappa shape index (κ3) is 2.86. The number of imidazole rings is 1. The van der Waals surface area contributed by atoms with E-state index in [0.29, 0.717) is 21.7 Å². The Bertz CT molecular complexity index is 868. The van der Waals surface area contributed by atoms with E-state index in [0.717, 1.165) is 0 Å². The summed E-state index contributed by atoms with van der Waals surface area (Å²) in [5.41, 5.74) is 0.962. The van der Waals surface area contributed by atoms with Crippen LogP contribution in [0.25, 0.3) is 11.5 Å². The van der Waals surface area contributed by atoms with Gasteiger partial charge in [0.25, 0.3) is 6.29 Å². The molecule has 0 radical (unpaired) electrons. The predicted octanol–water partition coefficient (Wildman–Crippen LogP) is 2.55. The molecule has 1 aliphatic rings. The average molecular weight is 400 g/mol. The third-order valence-corrected chi connectivity index (χ3v) is 5.65. The molecule has 7 nitrogen and oxygen atoms in total. The number of aromatic nitrogens is 3. The summed E-state index contributed by atoms with van der Waals surface area (Å²) in [6, 6.07) is 1.54. The Balaban J connectivity index is 2.13. The molecule has 122 valence electrons. The van der Waals surface area contributed by atoms with Crippen molar-refractivity contribution in [2.75, 3.05) is 5.75 Å². The minimum absolute atomic E-state index is 0.0197. The van der Waals surface area contributed by atoms with E-state index < -0.39 is 16.1 Å². The summed E-state index contributed by atoms with van der Waals surface area (Å²) in [5, 5.41) is 0. The molecular formula is C14H14BrN3O4S. The van der Waals surface area contributed by atoms with Crippen LogP contribution in [0.5, 0.6) is 0 Å². The van der Waals surface area contributed by atoms with Crippen molar-refractivity contribution in [2.45, 2.75) is 18.1 Å². The fourth-order valence-corrected chi connectivity index (χ4v) is 3.76. The molecule has 0 unspecified atom stereocenters. The molecule has 3 rings (SSSR count). The van der Waals surface area contributed by atoms with Crippen LogP contribution in [0.1, 0.15) is 18.9 Å². The van der Waals surface area contributed by atoms with Crippen molar-refractivity contribution in [2.24, 2.45) is 7.05 Å². The highest BCUT2D eigenvalue weighted by Gasteiger charge is 2.26. The van der Waals surface area contributed by atoms with Gasteiger partial charge in [0.1, 0.15) is 23.9 Å². The third-order valence-electron chi connectivity index (χ3n) is 3.47. The Morgan fingerprint density at radius 2 is 1.96 bits per heavy atom. The molecule has 0 amide bonds. The summed E-state index contributed by atoms with van der Waals surface area (Å²) in [6.45, 7) is 1.59. The molecule has 3 heterocycles. The lowest BCUT2D eigenvalue weighted by atomic mass is 10.3. The summed E-state index contributed by atoms with van der Waals surface area (Å²) in [7, 11) is -1.69. The molecule has 0 saturated heterocycles. The lowest BCUT2D eigenvalue weighted by Gasteiger charge is -2.13. The van der Waals surface area contributed by atoms with Crippen molar-refractivity contribution in [1.82, 2.24) is 14.5 Å². The highest BCUT2D eigenvalue weighted by Crippen LogP contribution is 2.31. The highest BCUT2D eigenvalue weighted by molar-refractivity contribution is 9.10. The monoisotopic (exact) mass is 399 g/mol. The van der Waals surface area contributed by atoms with Crippen molar-refractivity contribution in [3.63, 3.8) is 0 Å². The summed E-state index contributed by atoms with van der Waals surface area (Å²) in [6.07, 6.45) is 5.43. The molecule has 0 aliphatic carbocycles. The van der Waals surface area contributed by atoms with E-state index in [1.807, 2.05) is 0 Å². The van der Waals surface area contributed by atoms with Crippen LogP contribution in [0.3, 0.4) is 0 Å². The van der Waals surface area contributed by atoms with Crippen LogP contribution >= 0.6 is 15.9 Å². The Morgan fingerprint density at radius 3 is 2.61 bits per heavy atom. The van der Waals surface area contributed by atoms with Gasteiger partial charge in [0.2, 0.25) is 0 Å². The first kappa shape index (κ1) is 16.0. The number of hydrogen-bond donors (Lipinski definition) is 0. The lowest BCUT2D eigenvalue weighted by Crippen LogP contribution is -2.10. The quantitative estimate of drug-likeness (QED) is 0.785. The number of sulfone groups is 1. The lowest BCUT2D eigenvalue weighted by molar-refractivity contribution is -0.0298. The highest BCUT2D eigenvalue weighted by atomic mass is 79.9. The van der Waals surface area contributed by atoms with Crippen molar-refractivity contribution < 1.29 is 17.9 Å². The van der Waals surface area contributed by atoms with Gasteiger partial charge >= 0.3 is 0 Å². The van der Waals surface area contributed by atoms with Gasteiger partial charge in [-0.3, -0.25) is 4.98 Å². The zero-order valence-electron chi connectivity index (χ0n) is 12.4. The Hall–Kier alpha value is -1.87. The van der Waals surface area contributed by atoms with Crippen LogP contribution in [0.15, 0.2) is 40.4 Å². The van der Waals surface area contributed by atoms with E-state index in [1.165, 1.54) is 12.5 Å². The topological polar surface area (TPSA) is 83.3 Å². The van der Waals surface area contributed by atoms with Crippen molar-refractivity contribution in [1.29, 1.82) is 0 Å². The zero-order valence-corrected chi connectivity index (χ0v) is 14.8. The Labute approximate surface area is 142 Å². The maximum Gasteiger partial charge on any atom is 0.282 e. The minimum atomic E-state index is -3.45. The molecule has 0 saturated carbocycles. The van der Waals surface area contributed by atoms with Crippen molar-refractivity contribution in [3.8, 4) is 11.5 Å². The second-order valence-electron chi connectivity index (χ2n) is 4.85. The predicted molar refractivity (Wildman–Crippen MR) is 85.9 cm³/mol. The van der Waals surface area contributed by atoms with E-state index in [9.17, 15) is 8.42 Å². The fourth-order valence-electron chi connectivity index (χ4n) is 2.22.